The number of likely N-dealkylation sites (tertiary alicyclic amines) is 2. The van der Waals surface area contributed by atoms with Crippen LogP contribution in [-0.2, 0) is 19.2 Å². The fourth-order valence-corrected chi connectivity index (χ4v) is 6.28. The Balaban J connectivity index is 2.22. The molecule has 0 bridgehead atoms. The van der Waals surface area contributed by atoms with Gasteiger partial charge < -0.3 is 20.2 Å². The molecule has 0 spiro atoms. The van der Waals surface area contributed by atoms with E-state index in [4.69, 9.17) is 0 Å². The number of likely N-dealkylation sites (N-methyl/N-ethyl adjacent to an activating group) is 3. The van der Waals surface area contributed by atoms with Crippen LogP contribution < -0.4 is 5.32 Å². The van der Waals surface area contributed by atoms with E-state index in [0.717, 1.165) is 32.2 Å². The normalized spacial score (nSPS) is 23.1. The summed E-state index contributed by atoms with van der Waals surface area (Å²) in [4.78, 5) is 60.0. The van der Waals surface area contributed by atoms with E-state index in [2.05, 4.69) is 29.0 Å². The number of carbonyl (C=O) groups excluding carboxylic acids is 3. The molecule has 0 aliphatic carbocycles. The number of aliphatic carboxylic acids is 1. The van der Waals surface area contributed by atoms with Gasteiger partial charge in [-0.3, -0.25) is 24.2 Å². The fourth-order valence-electron chi connectivity index (χ4n) is 6.28. The van der Waals surface area contributed by atoms with Gasteiger partial charge in [0, 0.05) is 26.7 Å². The summed E-state index contributed by atoms with van der Waals surface area (Å²) in [5, 5.41) is 12.8. The van der Waals surface area contributed by atoms with E-state index >= 15 is 0 Å². The Kier molecular flexibility index (Phi) is 12.0. The largest absolute Gasteiger partial charge is 0.480 e. The SMILES string of the molecule is CC(C)C(C(=O)O)N(C)C(=O)[C@@H]1CCCN1C[C@H](C(C)C)N(C)C(=O)[C@@H](NC(=O)[C@H]1CCCCN1C)C(C)(C)C. The lowest BCUT2D eigenvalue weighted by molar-refractivity contribution is -0.153. The molecule has 2 rings (SSSR count). The van der Waals surface area contributed by atoms with Crippen molar-refractivity contribution in [2.45, 2.75) is 111 Å². The third kappa shape index (κ3) is 8.18. The van der Waals surface area contributed by atoms with Crippen LogP contribution in [0.15, 0.2) is 0 Å². The number of piperidine rings is 1. The molecule has 10 nitrogen and oxygen atoms in total. The molecule has 0 saturated carbocycles. The summed E-state index contributed by atoms with van der Waals surface area (Å²) >= 11 is 0. The van der Waals surface area contributed by atoms with Crippen LogP contribution in [0.25, 0.3) is 0 Å². The lowest BCUT2D eigenvalue weighted by Gasteiger charge is -2.41. The maximum atomic E-state index is 14.0. The molecule has 0 aromatic rings. The molecule has 2 heterocycles. The Morgan fingerprint density at radius 1 is 0.900 bits per heavy atom. The van der Waals surface area contributed by atoms with Gasteiger partial charge >= 0.3 is 5.97 Å². The van der Waals surface area contributed by atoms with Crippen molar-refractivity contribution in [3.8, 4) is 0 Å². The zero-order valence-electron chi connectivity index (χ0n) is 26.6. The lowest BCUT2D eigenvalue weighted by Crippen LogP contribution is -2.61. The number of carboxylic acids is 1. The monoisotopic (exact) mass is 565 g/mol. The molecule has 2 aliphatic heterocycles. The second-order valence-corrected chi connectivity index (χ2v) is 13.7. The molecule has 3 amide bonds. The van der Waals surface area contributed by atoms with E-state index in [1.165, 1.54) is 4.90 Å². The van der Waals surface area contributed by atoms with Gasteiger partial charge in [-0.1, -0.05) is 54.9 Å². The summed E-state index contributed by atoms with van der Waals surface area (Å²) in [5.74, 6) is -1.54. The second kappa shape index (κ2) is 14.1. The summed E-state index contributed by atoms with van der Waals surface area (Å²) in [6.45, 7) is 15.7. The molecule has 1 unspecified atom stereocenters. The van der Waals surface area contributed by atoms with Crippen molar-refractivity contribution in [2.75, 3.05) is 40.8 Å². The van der Waals surface area contributed by atoms with Gasteiger partial charge in [-0.2, -0.15) is 0 Å². The summed E-state index contributed by atoms with van der Waals surface area (Å²) in [6, 6.07) is -2.42. The number of hydrogen-bond donors (Lipinski definition) is 2. The highest BCUT2D eigenvalue weighted by Crippen LogP contribution is 2.27. The average molecular weight is 566 g/mol. The van der Waals surface area contributed by atoms with E-state index in [-0.39, 0.29) is 41.6 Å². The first kappa shape index (κ1) is 34.0. The second-order valence-electron chi connectivity index (χ2n) is 13.7. The van der Waals surface area contributed by atoms with Crippen LogP contribution in [-0.4, -0.2) is 119 Å². The molecule has 2 aliphatic rings. The maximum Gasteiger partial charge on any atom is 0.326 e. The van der Waals surface area contributed by atoms with Crippen molar-refractivity contribution in [3.05, 3.63) is 0 Å². The van der Waals surface area contributed by atoms with E-state index in [9.17, 15) is 24.3 Å². The third-order valence-corrected chi connectivity index (χ3v) is 8.81. The number of hydrogen-bond acceptors (Lipinski definition) is 6. The molecule has 40 heavy (non-hydrogen) atoms. The zero-order chi connectivity index (χ0) is 30.5. The minimum atomic E-state index is -1.00. The molecule has 2 N–H and O–H groups in total. The van der Waals surface area contributed by atoms with Crippen molar-refractivity contribution in [1.29, 1.82) is 0 Å². The van der Waals surface area contributed by atoms with E-state index in [0.29, 0.717) is 19.5 Å². The Labute approximate surface area is 241 Å². The standard InChI is InChI=1S/C30H55N5O5/c1-19(2)23(18-35-17-13-15-22(35)27(37)34(10)24(20(3)4)29(39)40)33(9)28(38)25(30(5,6)7)31-26(36)21-14-11-12-16-32(21)8/h19-25H,11-18H2,1-10H3,(H,31,36)(H,39,40)/t21-,22+,23-,24?,25-/m1/s1. The van der Waals surface area contributed by atoms with Gasteiger partial charge in [-0.05, 0) is 63.1 Å². The van der Waals surface area contributed by atoms with Crippen molar-refractivity contribution in [2.24, 2.45) is 17.3 Å². The molecule has 10 heteroatoms. The van der Waals surface area contributed by atoms with E-state index < -0.39 is 29.5 Å². The van der Waals surface area contributed by atoms with Crippen molar-refractivity contribution in [3.63, 3.8) is 0 Å². The summed E-state index contributed by atoms with van der Waals surface area (Å²) in [5.41, 5.74) is -0.493. The van der Waals surface area contributed by atoms with Crippen LogP contribution in [0.1, 0.15) is 80.6 Å². The van der Waals surface area contributed by atoms with E-state index in [1.54, 1.807) is 32.8 Å². The fraction of sp³-hybridized carbons (Fsp3) is 0.867. The first-order valence-corrected chi connectivity index (χ1v) is 15.0. The number of carboxylic acid groups (broad SMARTS) is 1. The van der Waals surface area contributed by atoms with Gasteiger partial charge in [0.25, 0.3) is 0 Å². The van der Waals surface area contributed by atoms with Crippen LogP contribution in [0.3, 0.4) is 0 Å². The Morgan fingerprint density at radius 2 is 1.50 bits per heavy atom. The molecular formula is C30H55N5O5. The van der Waals surface area contributed by atoms with Crippen LogP contribution >= 0.6 is 0 Å². The highest BCUT2D eigenvalue weighted by Gasteiger charge is 2.42. The molecule has 0 aromatic carbocycles. The van der Waals surface area contributed by atoms with Gasteiger partial charge in [0.05, 0.1) is 12.1 Å². The molecule has 5 atom stereocenters. The van der Waals surface area contributed by atoms with Crippen molar-refractivity contribution < 1.29 is 24.3 Å². The van der Waals surface area contributed by atoms with Gasteiger partial charge in [0.15, 0.2) is 0 Å². The summed E-state index contributed by atoms with van der Waals surface area (Å²) in [7, 11) is 5.33. The molecular weight excluding hydrogens is 510 g/mol. The van der Waals surface area contributed by atoms with Crippen LogP contribution in [0.4, 0.5) is 0 Å². The Morgan fingerprint density at radius 3 is 2.00 bits per heavy atom. The average Bonchev–Trinajstić information content (AvgIpc) is 3.31. The molecule has 230 valence electrons. The van der Waals surface area contributed by atoms with Gasteiger partial charge in [0.2, 0.25) is 17.7 Å². The molecule has 0 radical (unpaired) electrons. The maximum absolute atomic E-state index is 14.0. The minimum absolute atomic E-state index is 0.101. The molecule has 0 aromatic heterocycles. The third-order valence-electron chi connectivity index (χ3n) is 8.81. The number of nitrogens with one attached hydrogen (secondary N) is 1. The number of carbonyl (C=O) groups is 4. The number of rotatable bonds is 11. The van der Waals surface area contributed by atoms with E-state index in [1.807, 2.05) is 27.8 Å². The number of amides is 3. The van der Waals surface area contributed by atoms with Crippen molar-refractivity contribution in [1.82, 2.24) is 24.9 Å². The van der Waals surface area contributed by atoms with Gasteiger partial charge in [-0.15, -0.1) is 0 Å². The van der Waals surface area contributed by atoms with Crippen LogP contribution in [0.2, 0.25) is 0 Å². The quantitative estimate of drug-likeness (QED) is 0.396. The smallest absolute Gasteiger partial charge is 0.326 e. The van der Waals surface area contributed by atoms with Crippen molar-refractivity contribution >= 4 is 23.7 Å². The summed E-state index contributed by atoms with van der Waals surface area (Å²) in [6.07, 6.45) is 4.36. The molecule has 2 fully saturated rings. The summed E-state index contributed by atoms with van der Waals surface area (Å²) < 4.78 is 0. The zero-order valence-corrected chi connectivity index (χ0v) is 26.6. The van der Waals surface area contributed by atoms with Gasteiger partial charge in [-0.25, -0.2) is 4.79 Å². The van der Waals surface area contributed by atoms with Crippen LogP contribution in [0.5, 0.6) is 0 Å². The van der Waals surface area contributed by atoms with Gasteiger partial charge in [0.1, 0.15) is 12.1 Å². The number of nitrogens with zero attached hydrogens (tertiary/aromatic N) is 4. The first-order chi connectivity index (χ1) is 18.5. The highest BCUT2D eigenvalue weighted by molar-refractivity contribution is 5.90. The first-order valence-electron chi connectivity index (χ1n) is 15.0. The topological polar surface area (TPSA) is 113 Å². The highest BCUT2D eigenvalue weighted by atomic mass is 16.4. The Hall–Kier alpha value is -2.20. The predicted octanol–water partition coefficient (Wildman–Crippen LogP) is 2.52. The lowest BCUT2D eigenvalue weighted by atomic mass is 9.84. The minimum Gasteiger partial charge on any atom is -0.480 e. The van der Waals surface area contributed by atoms with Crippen LogP contribution in [0, 0.1) is 17.3 Å². The predicted molar refractivity (Wildman–Crippen MR) is 157 cm³/mol. The Bertz CT molecular complexity index is 901. The molecule has 2 saturated heterocycles.